The Labute approximate surface area is 131 Å². The van der Waals surface area contributed by atoms with E-state index in [1.54, 1.807) is 11.8 Å². The first kappa shape index (κ1) is 13.7. The molecule has 1 fully saturated rings. The highest BCUT2D eigenvalue weighted by atomic mass is 79.9. The second-order valence-corrected chi connectivity index (χ2v) is 6.80. The van der Waals surface area contributed by atoms with Crippen molar-refractivity contribution in [1.82, 2.24) is 0 Å². The minimum atomic E-state index is 0.0734. The molecule has 2 nitrogen and oxygen atoms in total. The van der Waals surface area contributed by atoms with Crippen molar-refractivity contribution in [2.75, 3.05) is 10.7 Å². The fourth-order valence-electron chi connectivity index (χ4n) is 2.28. The number of benzene rings is 2. The molecule has 0 radical (unpaired) electrons. The number of carbonyl (C=O) groups is 1. The molecule has 4 heteroatoms. The summed E-state index contributed by atoms with van der Waals surface area (Å²) in [6.45, 7) is 2.07. The van der Waals surface area contributed by atoms with Gasteiger partial charge < -0.3 is 0 Å². The van der Waals surface area contributed by atoms with Gasteiger partial charge in [-0.1, -0.05) is 45.8 Å². The van der Waals surface area contributed by atoms with Gasteiger partial charge in [-0.25, -0.2) is 0 Å². The maximum atomic E-state index is 12.2. The number of rotatable bonds is 2. The number of hydrogen-bond donors (Lipinski definition) is 0. The van der Waals surface area contributed by atoms with Crippen LogP contribution in [-0.2, 0) is 4.79 Å². The maximum absolute atomic E-state index is 12.2. The average molecular weight is 348 g/mol. The molecule has 0 saturated carbocycles. The van der Waals surface area contributed by atoms with E-state index >= 15 is 0 Å². The molecule has 2 aromatic carbocycles. The van der Waals surface area contributed by atoms with E-state index in [4.69, 9.17) is 0 Å². The summed E-state index contributed by atoms with van der Waals surface area (Å²) in [6, 6.07) is 16.3. The zero-order valence-corrected chi connectivity index (χ0v) is 13.4. The van der Waals surface area contributed by atoms with Gasteiger partial charge in [0.2, 0.25) is 5.91 Å². The molecule has 0 N–H and O–H groups in total. The van der Waals surface area contributed by atoms with Gasteiger partial charge in [-0.15, -0.1) is 11.8 Å². The molecular formula is C16H14BrNOS. The lowest BCUT2D eigenvalue weighted by atomic mass is 10.1. The van der Waals surface area contributed by atoms with Crippen LogP contribution in [0, 0.1) is 6.92 Å². The third-order valence-corrected chi connectivity index (χ3v) is 5.08. The van der Waals surface area contributed by atoms with Gasteiger partial charge >= 0.3 is 0 Å². The van der Waals surface area contributed by atoms with Crippen molar-refractivity contribution in [3.05, 3.63) is 64.1 Å². The molecular weight excluding hydrogens is 334 g/mol. The van der Waals surface area contributed by atoms with Gasteiger partial charge in [0.15, 0.2) is 0 Å². The zero-order valence-electron chi connectivity index (χ0n) is 11.0. The smallest absolute Gasteiger partial charge is 0.238 e. The lowest BCUT2D eigenvalue weighted by Crippen LogP contribution is -2.27. The fourth-order valence-corrected chi connectivity index (χ4v) is 3.72. The number of aryl methyl sites for hydroxylation is 1. The molecule has 1 aliphatic heterocycles. The van der Waals surface area contributed by atoms with Crippen LogP contribution in [0.25, 0.3) is 0 Å². The van der Waals surface area contributed by atoms with Crippen molar-refractivity contribution in [3.8, 4) is 0 Å². The molecule has 1 heterocycles. The lowest BCUT2D eigenvalue weighted by molar-refractivity contribution is -0.115. The van der Waals surface area contributed by atoms with Gasteiger partial charge in [-0.05, 0) is 36.8 Å². The van der Waals surface area contributed by atoms with Crippen molar-refractivity contribution in [3.63, 3.8) is 0 Å². The Morgan fingerprint density at radius 1 is 1.10 bits per heavy atom. The SMILES string of the molecule is Cc1ccc([C@@H]2SCC(=O)N2c2ccc(Br)cc2)cc1. The second-order valence-electron chi connectivity index (χ2n) is 4.81. The Morgan fingerprint density at radius 2 is 1.75 bits per heavy atom. The van der Waals surface area contributed by atoms with Gasteiger partial charge in [0.1, 0.15) is 5.37 Å². The highest BCUT2D eigenvalue weighted by Crippen LogP contribution is 2.41. The molecule has 3 rings (SSSR count). The standard InChI is InChI=1S/C16H14BrNOS/c1-11-2-4-12(5-3-11)16-18(15(19)10-20-16)14-8-6-13(17)7-9-14/h2-9,16H,10H2,1H3/t16-/m0/s1. The minimum absolute atomic E-state index is 0.0734. The Balaban J connectivity index is 1.96. The first-order valence-electron chi connectivity index (χ1n) is 6.41. The van der Waals surface area contributed by atoms with Gasteiger partial charge in [0, 0.05) is 10.2 Å². The maximum Gasteiger partial charge on any atom is 0.238 e. The highest BCUT2D eigenvalue weighted by Gasteiger charge is 2.33. The molecule has 102 valence electrons. The van der Waals surface area contributed by atoms with E-state index in [0.717, 1.165) is 10.2 Å². The van der Waals surface area contributed by atoms with Crippen molar-refractivity contribution in [2.24, 2.45) is 0 Å². The topological polar surface area (TPSA) is 20.3 Å². The number of carbonyl (C=O) groups excluding carboxylic acids is 1. The number of halogens is 1. The van der Waals surface area contributed by atoms with Crippen LogP contribution in [0.4, 0.5) is 5.69 Å². The number of nitrogens with zero attached hydrogens (tertiary/aromatic N) is 1. The van der Waals surface area contributed by atoms with Crippen molar-refractivity contribution in [1.29, 1.82) is 0 Å². The Hall–Kier alpha value is -1.26. The van der Waals surface area contributed by atoms with Crippen molar-refractivity contribution >= 4 is 39.3 Å². The van der Waals surface area contributed by atoms with E-state index in [9.17, 15) is 4.79 Å². The third-order valence-electron chi connectivity index (χ3n) is 3.34. The summed E-state index contributed by atoms with van der Waals surface area (Å²) < 4.78 is 1.02. The van der Waals surface area contributed by atoms with Crippen molar-refractivity contribution < 1.29 is 4.79 Å². The summed E-state index contributed by atoms with van der Waals surface area (Å²) in [5.74, 6) is 0.706. The minimum Gasteiger partial charge on any atom is -0.295 e. The van der Waals surface area contributed by atoms with E-state index in [1.807, 2.05) is 29.2 Å². The molecule has 0 spiro atoms. The Morgan fingerprint density at radius 3 is 2.40 bits per heavy atom. The quantitative estimate of drug-likeness (QED) is 0.794. The van der Waals surface area contributed by atoms with Crippen LogP contribution in [0.3, 0.4) is 0 Å². The van der Waals surface area contributed by atoms with E-state index in [-0.39, 0.29) is 11.3 Å². The van der Waals surface area contributed by atoms with Crippen LogP contribution in [0.2, 0.25) is 0 Å². The van der Waals surface area contributed by atoms with E-state index in [0.29, 0.717) is 5.75 Å². The van der Waals surface area contributed by atoms with Gasteiger partial charge in [-0.2, -0.15) is 0 Å². The third kappa shape index (κ3) is 2.63. The molecule has 0 bridgehead atoms. The Bertz CT molecular complexity index is 624. The van der Waals surface area contributed by atoms with E-state index in [1.165, 1.54) is 11.1 Å². The second kappa shape index (κ2) is 5.62. The van der Waals surface area contributed by atoms with Crippen LogP contribution in [0.5, 0.6) is 0 Å². The van der Waals surface area contributed by atoms with Crippen LogP contribution in [0.1, 0.15) is 16.5 Å². The summed E-state index contributed by atoms with van der Waals surface area (Å²) in [5.41, 5.74) is 3.36. The highest BCUT2D eigenvalue weighted by molar-refractivity contribution is 9.10. The molecule has 0 unspecified atom stereocenters. The lowest BCUT2D eigenvalue weighted by Gasteiger charge is -2.24. The van der Waals surface area contributed by atoms with Crippen molar-refractivity contribution in [2.45, 2.75) is 12.3 Å². The van der Waals surface area contributed by atoms with Gasteiger partial charge in [0.25, 0.3) is 0 Å². The zero-order chi connectivity index (χ0) is 14.1. The van der Waals surface area contributed by atoms with Gasteiger partial charge in [0.05, 0.1) is 5.75 Å². The fraction of sp³-hybridized carbons (Fsp3) is 0.188. The predicted octanol–water partition coefficient (Wildman–Crippen LogP) is 4.54. The summed E-state index contributed by atoms with van der Waals surface area (Å²) >= 11 is 5.11. The van der Waals surface area contributed by atoms with E-state index in [2.05, 4.69) is 47.1 Å². The largest absolute Gasteiger partial charge is 0.295 e. The number of anilines is 1. The molecule has 0 aliphatic carbocycles. The normalized spacial score (nSPS) is 18.6. The van der Waals surface area contributed by atoms with Crippen LogP contribution < -0.4 is 4.90 Å². The number of thioether (sulfide) groups is 1. The molecule has 1 saturated heterocycles. The predicted molar refractivity (Wildman–Crippen MR) is 88.0 cm³/mol. The average Bonchev–Trinajstić information content (AvgIpc) is 2.83. The molecule has 20 heavy (non-hydrogen) atoms. The Kier molecular flexibility index (Phi) is 3.85. The number of amides is 1. The molecule has 1 amide bonds. The van der Waals surface area contributed by atoms with Crippen LogP contribution in [-0.4, -0.2) is 11.7 Å². The monoisotopic (exact) mass is 347 g/mol. The van der Waals surface area contributed by atoms with Crippen LogP contribution in [0.15, 0.2) is 53.0 Å². The van der Waals surface area contributed by atoms with E-state index < -0.39 is 0 Å². The molecule has 1 aliphatic rings. The summed E-state index contributed by atoms with van der Waals surface area (Å²) in [4.78, 5) is 14.1. The molecule has 2 aromatic rings. The molecule has 1 atom stereocenters. The van der Waals surface area contributed by atoms with Crippen LogP contribution >= 0.6 is 27.7 Å². The summed E-state index contributed by atoms with van der Waals surface area (Å²) in [7, 11) is 0. The first-order chi connectivity index (χ1) is 9.65. The summed E-state index contributed by atoms with van der Waals surface area (Å²) in [6.07, 6.45) is 0. The number of hydrogen-bond acceptors (Lipinski definition) is 2. The molecule has 0 aromatic heterocycles. The summed E-state index contributed by atoms with van der Waals surface area (Å²) in [5, 5.41) is 0.0734. The van der Waals surface area contributed by atoms with Gasteiger partial charge in [-0.3, -0.25) is 9.69 Å². The first-order valence-corrected chi connectivity index (χ1v) is 8.25.